The molecule has 0 spiro atoms. The molecule has 0 radical (unpaired) electrons. The Labute approximate surface area is 542 Å². The number of hydrogen-bond acceptors (Lipinski definition) is 8. The van der Waals surface area contributed by atoms with E-state index in [0.717, 1.165) is 89.9 Å². The van der Waals surface area contributed by atoms with Crippen molar-refractivity contribution in [3.63, 3.8) is 0 Å². The van der Waals surface area contributed by atoms with Crippen LogP contribution in [0.15, 0.2) is 134 Å². The van der Waals surface area contributed by atoms with Gasteiger partial charge in [-0.25, -0.2) is 0 Å². The second-order valence-corrected chi connectivity index (χ2v) is 26.2. The lowest BCUT2D eigenvalue weighted by molar-refractivity contribution is -0.870. The van der Waals surface area contributed by atoms with E-state index in [4.69, 9.17) is 18.5 Å². The van der Waals surface area contributed by atoms with Crippen molar-refractivity contribution in [2.45, 2.75) is 302 Å². The second-order valence-electron chi connectivity index (χ2n) is 24.8. The van der Waals surface area contributed by atoms with Crippen molar-refractivity contribution < 1.29 is 42.1 Å². The minimum Gasteiger partial charge on any atom is -0.756 e. The van der Waals surface area contributed by atoms with Gasteiger partial charge in [-0.05, 0) is 103 Å². The van der Waals surface area contributed by atoms with E-state index in [2.05, 4.69) is 141 Å². The minimum absolute atomic E-state index is 0.0465. The first kappa shape index (κ1) is 84.2. The van der Waals surface area contributed by atoms with Gasteiger partial charge in [-0.1, -0.05) is 314 Å². The summed E-state index contributed by atoms with van der Waals surface area (Å²) >= 11 is 0. The van der Waals surface area contributed by atoms with Crippen molar-refractivity contribution in [3.8, 4) is 0 Å². The molecule has 0 fully saturated rings. The van der Waals surface area contributed by atoms with Gasteiger partial charge in [0, 0.05) is 12.8 Å². The van der Waals surface area contributed by atoms with Crippen LogP contribution >= 0.6 is 7.82 Å². The summed E-state index contributed by atoms with van der Waals surface area (Å²) in [5.41, 5.74) is 0. The Morgan fingerprint density at radius 1 is 0.352 bits per heavy atom. The van der Waals surface area contributed by atoms with Crippen molar-refractivity contribution in [1.29, 1.82) is 0 Å². The molecule has 10 heteroatoms. The molecule has 0 aliphatic rings. The highest BCUT2D eigenvalue weighted by atomic mass is 31.2. The first-order chi connectivity index (χ1) is 43.0. The van der Waals surface area contributed by atoms with Crippen LogP contribution in [0.25, 0.3) is 0 Å². The number of quaternary nitrogens is 1. The lowest BCUT2D eigenvalue weighted by Gasteiger charge is -2.28. The number of likely N-dealkylation sites (N-methyl/N-ethyl adjacent to an activating group) is 1. The van der Waals surface area contributed by atoms with Gasteiger partial charge in [0.15, 0.2) is 6.10 Å². The summed E-state index contributed by atoms with van der Waals surface area (Å²) < 4.78 is 34.2. The molecule has 0 aliphatic carbocycles. The van der Waals surface area contributed by atoms with Crippen LogP contribution in [0.2, 0.25) is 0 Å². The highest BCUT2D eigenvalue weighted by Gasteiger charge is 2.22. The zero-order valence-corrected chi connectivity index (χ0v) is 58.3. The van der Waals surface area contributed by atoms with Gasteiger partial charge >= 0.3 is 11.9 Å². The van der Waals surface area contributed by atoms with E-state index >= 15 is 0 Å². The maximum Gasteiger partial charge on any atom is 0.306 e. The Morgan fingerprint density at radius 3 is 0.943 bits per heavy atom. The molecule has 2 unspecified atom stereocenters. The van der Waals surface area contributed by atoms with E-state index in [0.29, 0.717) is 23.9 Å². The third-order valence-corrected chi connectivity index (χ3v) is 16.1. The molecule has 0 N–H and O–H groups in total. The molecule has 0 bridgehead atoms. The monoisotopic (exact) mass is 1240 g/mol. The third kappa shape index (κ3) is 71.2. The molecule has 0 aromatic carbocycles. The van der Waals surface area contributed by atoms with Gasteiger partial charge in [0.05, 0.1) is 27.7 Å². The van der Waals surface area contributed by atoms with Gasteiger partial charge in [-0.2, -0.15) is 0 Å². The summed E-state index contributed by atoms with van der Waals surface area (Å²) in [5.74, 6) is -0.900. The highest BCUT2D eigenvalue weighted by Crippen LogP contribution is 2.38. The van der Waals surface area contributed by atoms with E-state index in [9.17, 15) is 19.0 Å². The Morgan fingerprint density at radius 2 is 0.625 bits per heavy atom. The largest absolute Gasteiger partial charge is 0.756 e. The molecule has 2 atom stereocenters. The number of phosphoric ester groups is 1. The lowest BCUT2D eigenvalue weighted by atomic mass is 10.0. The molecule has 0 rings (SSSR count). The number of hydrogen-bond donors (Lipinski definition) is 0. The van der Waals surface area contributed by atoms with Gasteiger partial charge < -0.3 is 27.9 Å². The molecule has 88 heavy (non-hydrogen) atoms. The standard InChI is InChI=1S/C78H134NO8P/c1-6-8-10-12-14-16-18-20-22-24-26-28-30-31-32-33-34-35-36-37-38-39-40-41-42-43-44-45-46-47-49-50-52-54-56-58-60-62-64-66-68-70-77(80)84-74-76(75-86-88(82,83)85-73-72-79(3,4)5)87-78(81)71-69-67-65-63-61-59-57-55-53-51-48-29-27-25-23-21-19-17-15-13-11-9-7-2/h8-11,14-17,20-23,26-29,51,53,57,59,63,65,76H,6-7,12-13,18-19,24-25,30-50,52,54-56,58,60-62,64,66-75H2,1-5H3/b10-8-,11-9-,16-14-,17-15-,22-20-,23-21-,28-26-,29-27-,53-51-,59-57-,65-63-. The number of allylic oxidation sites excluding steroid dienone is 22. The maximum absolute atomic E-state index is 12.8. The quantitative estimate of drug-likeness (QED) is 0.0195. The number of nitrogens with zero attached hydrogens (tertiary/aromatic N) is 1. The average molecular weight is 1240 g/mol. The van der Waals surface area contributed by atoms with Crippen LogP contribution in [0.5, 0.6) is 0 Å². The number of esters is 2. The Bertz CT molecular complexity index is 1950. The normalized spacial score (nSPS) is 13.9. The zero-order valence-electron chi connectivity index (χ0n) is 57.4. The Balaban J connectivity index is 3.98. The van der Waals surface area contributed by atoms with Crippen LogP contribution in [0, 0.1) is 0 Å². The fourth-order valence-corrected chi connectivity index (χ4v) is 10.5. The fraction of sp³-hybridized carbons (Fsp3) is 0.692. The molecule has 0 saturated carbocycles. The van der Waals surface area contributed by atoms with E-state index in [1.807, 2.05) is 27.2 Å². The smallest absolute Gasteiger partial charge is 0.306 e. The average Bonchev–Trinajstić information content (AvgIpc) is 3.68. The van der Waals surface area contributed by atoms with Crippen LogP contribution in [-0.2, 0) is 32.7 Å². The van der Waals surface area contributed by atoms with E-state index in [1.54, 1.807) is 0 Å². The van der Waals surface area contributed by atoms with Crippen molar-refractivity contribution in [3.05, 3.63) is 134 Å². The number of carbonyl (C=O) groups is 2. The summed E-state index contributed by atoms with van der Waals surface area (Å²) in [6.45, 7) is 3.96. The number of ether oxygens (including phenoxy) is 2. The molecule has 0 aromatic heterocycles. The summed E-state index contributed by atoms with van der Waals surface area (Å²) in [4.78, 5) is 38.0. The summed E-state index contributed by atoms with van der Waals surface area (Å²) in [6, 6.07) is 0. The SMILES string of the molecule is CC/C=C\C/C=C\C/C=C\C/C=C\C/C=C\C/C=C\C/C=C\CCCC(=O)OC(COC(=O)CCCCCCCCCCCCCCCCCCCCCCCCCCCCCC/C=C\C/C=C\C/C=C\C/C=C\CC)COP(=O)([O-])OCC[N+](C)(C)C. The summed E-state index contributed by atoms with van der Waals surface area (Å²) in [6.07, 6.45) is 98.6. The predicted molar refractivity (Wildman–Crippen MR) is 378 cm³/mol. The van der Waals surface area contributed by atoms with Crippen molar-refractivity contribution >= 4 is 19.8 Å². The van der Waals surface area contributed by atoms with E-state index in [-0.39, 0.29) is 26.1 Å². The van der Waals surface area contributed by atoms with Crippen molar-refractivity contribution in [2.75, 3.05) is 47.5 Å². The molecule has 9 nitrogen and oxygen atoms in total. The first-order valence-electron chi connectivity index (χ1n) is 35.9. The fourth-order valence-electron chi connectivity index (χ4n) is 9.76. The lowest BCUT2D eigenvalue weighted by Crippen LogP contribution is -2.37. The topological polar surface area (TPSA) is 111 Å². The number of rotatable bonds is 65. The molecule has 0 saturated heterocycles. The predicted octanol–water partition coefficient (Wildman–Crippen LogP) is 23.0. The third-order valence-electron chi connectivity index (χ3n) is 15.2. The van der Waals surface area contributed by atoms with Gasteiger partial charge in [-0.15, -0.1) is 0 Å². The maximum atomic E-state index is 12.8. The summed E-state index contributed by atoms with van der Waals surface area (Å²) in [5, 5.41) is 0. The van der Waals surface area contributed by atoms with Crippen LogP contribution < -0.4 is 4.89 Å². The Kier molecular flexibility index (Phi) is 64.6. The molecule has 0 heterocycles. The van der Waals surface area contributed by atoms with Crippen LogP contribution in [0.4, 0.5) is 0 Å². The number of carbonyl (C=O) groups excluding carboxylic acids is 2. The Hall–Kier alpha value is -3.85. The van der Waals surface area contributed by atoms with Crippen molar-refractivity contribution in [1.82, 2.24) is 0 Å². The summed E-state index contributed by atoms with van der Waals surface area (Å²) in [7, 11) is 1.12. The van der Waals surface area contributed by atoms with Crippen molar-refractivity contribution in [2.24, 2.45) is 0 Å². The van der Waals surface area contributed by atoms with Crippen LogP contribution in [-0.4, -0.2) is 70.0 Å². The number of unbranched alkanes of at least 4 members (excludes halogenated alkanes) is 29. The van der Waals surface area contributed by atoms with Gasteiger partial charge in [0.25, 0.3) is 7.82 Å². The molecular weight excluding hydrogens is 1110 g/mol. The van der Waals surface area contributed by atoms with Crippen LogP contribution in [0.3, 0.4) is 0 Å². The minimum atomic E-state index is -4.66. The molecule has 0 aliphatic heterocycles. The number of phosphoric acid groups is 1. The van der Waals surface area contributed by atoms with E-state index < -0.39 is 32.5 Å². The first-order valence-corrected chi connectivity index (χ1v) is 37.4. The van der Waals surface area contributed by atoms with Gasteiger partial charge in [-0.3, -0.25) is 14.2 Å². The van der Waals surface area contributed by atoms with Gasteiger partial charge in [0.2, 0.25) is 0 Å². The van der Waals surface area contributed by atoms with E-state index in [1.165, 1.54) is 167 Å². The second kappa shape index (κ2) is 67.5. The molecule has 0 amide bonds. The molecule has 0 aromatic rings. The molecule has 504 valence electrons. The highest BCUT2D eigenvalue weighted by molar-refractivity contribution is 7.45. The van der Waals surface area contributed by atoms with Crippen LogP contribution in [0.1, 0.15) is 296 Å². The van der Waals surface area contributed by atoms with Gasteiger partial charge in [0.1, 0.15) is 19.8 Å². The molecular formula is C78H134NO8P. The zero-order chi connectivity index (χ0) is 64.1.